The van der Waals surface area contributed by atoms with Gasteiger partial charge >= 0.3 is 0 Å². The minimum absolute atomic E-state index is 0.367. The molecule has 0 bridgehead atoms. The summed E-state index contributed by atoms with van der Waals surface area (Å²) >= 11 is 0. The third-order valence-electron chi connectivity index (χ3n) is 5.09. The van der Waals surface area contributed by atoms with E-state index in [1.807, 2.05) is 7.05 Å². The summed E-state index contributed by atoms with van der Waals surface area (Å²) < 4.78 is 0. The lowest BCUT2D eigenvalue weighted by atomic mass is 10.1. The Morgan fingerprint density at radius 2 is 1.00 bits per heavy atom. The Labute approximate surface area is 176 Å². The van der Waals surface area contributed by atoms with Gasteiger partial charge in [0.1, 0.15) is 0 Å². The fraction of sp³-hybridized carbons (Fsp3) is 0.958. The molecule has 0 aliphatic carbocycles. The van der Waals surface area contributed by atoms with Crippen LogP contribution in [-0.4, -0.2) is 38.3 Å². The lowest BCUT2D eigenvalue weighted by Gasteiger charge is -2.02. The summed E-state index contributed by atoms with van der Waals surface area (Å²) in [7, 11) is 2.02. The highest BCUT2D eigenvalue weighted by Gasteiger charge is 1.92. The van der Waals surface area contributed by atoms with Crippen molar-refractivity contribution in [3.8, 4) is 0 Å². The largest absolute Gasteiger partial charge is 0.396 e. The molecule has 0 aliphatic rings. The summed E-state index contributed by atoms with van der Waals surface area (Å²) in [5.41, 5.74) is 0. The molecule has 3 N–H and O–H groups in total. The summed E-state index contributed by atoms with van der Waals surface area (Å²) in [4.78, 5) is 9.90. The fourth-order valence-electron chi connectivity index (χ4n) is 3.25. The zero-order chi connectivity index (χ0) is 21.0. The monoisotopic (exact) mass is 400 g/mol. The van der Waals surface area contributed by atoms with Crippen LogP contribution in [0.15, 0.2) is 0 Å². The molecule has 0 rings (SSSR count). The number of unbranched alkanes of at least 4 members (excludes halogenated alkanes) is 16. The smallest absolute Gasteiger partial charge is 0.207 e. The second-order valence-electron chi connectivity index (χ2n) is 7.91. The molecule has 170 valence electrons. The molecule has 0 fully saturated rings. The van der Waals surface area contributed by atoms with E-state index in [2.05, 4.69) is 17.6 Å². The third kappa shape index (κ3) is 33.0. The molecule has 4 heteroatoms. The van der Waals surface area contributed by atoms with Crippen molar-refractivity contribution >= 4 is 6.41 Å². The van der Waals surface area contributed by atoms with Crippen LogP contribution in [0.3, 0.4) is 0 Å². The fourth-order valence-corrected chi connectivity index (χ4v) is 3.25. The molecule has 0 aliphatic heterocycles. The molecule has 0 unspecified atom stereocenters. The SMILES string of the molecule is CCCCCCCCCCNC=O.CNCCCCCCCCCCCCO. The lowest BCUT2D eigenvalue weighted by Crippen LogP contribution is -2.11. The number of carbonyl (C=O) groups excluding carboxylic acids is 1. The molecule has 0 aromatic rings. The number of aliphatic hydroxyl groups excluding tert-OH is 1. The predicted octanol–water partition coefficient (Wildman–Crippen LogP) is 5.97. The van der Waals surface area contributed by atoms with Gasteiger partial charge in [-0.25, -0.2) is 0 Å². The maximum atomic E-state index is 9.90. The van der Waals surface area contributed by atoms with Crippen LogP contribution in [0.4, 0.5) is 0 Å². The van der Waals surface area contributed by atoms with Crippen LogP contribution in [0.5, 0.6) is 0 Å². The van der Waals surface area contributed by atoms with Gasteiger partial charge in [-0.05, 0) is 32.9 Å². The van der Waals surface area contributed by atoms with Gasteiger partial charge in [0.15, 0.2) is 0 Å². The molecule has 4 nitrogen and oxygen atoms in total. The Bertz CT molecular complexity index is 251. The van der Waals surface area contributed by atoms with E-state index < -0.39 is 0 Å². The average Bonchev–Trinajstić information content (AvgIpc) is 2.71. The minimum atomic E-state index is 0.367. The van der Waals surface area contributed by atoms with Crippen LogP contribution in [0, 0.1) is 0 Å². The van der Waals surface area contributed by atoms with E-state index >= 15 is 0 Å². The molecule has 0 aromatic heterocycles. The van der Waals surface area contributed by atoms with Crippen molar-refractivity contribution in [3.05, 3.63) is 0 Å². The summed E-state index contributed by atoms with van der Waals surface area (Å²) in [6.07, 6.45) is 24.5. The van der Waals surface area contributed by atoms with E-state index in [1.54, 1.807) is 0 Å². The van der Waals surface area contributed by atoms with Crippen LogP contribution in [0.1, 0.15) is 122 Å². The summed E-state index contributed by atoms with van der Waals surface area (Å²) in [6, 6.07) is 0. The number of hydrogen-bond acceptors (Lipinski definition) is 3. The van der Waals surface area contributed by atoms with E-state index in [-0.39, 0.29) is 0 Å². The Kier molecular flexibility index (Phi) is 32.9. The summed E-state index contributed by atoms with van der Waals surface area (Å²) in [6.45, 7) is 4.62. The van der Waals surface area contributed by atoms with E-state index in [4.69, 9.17) is 5.11 Å². The Balaban J connectivity index is 0. The molecular formula is C24H52N2O2. The molecular weight excluding hydrogens is 348 g/mol. The highest BCUT2D eigenvalue weighted by Crippen LogP contribution is 2.10. The Hall–Kier alpha value is -0.610. The number of aliphatic hydroxyl groups is 1. The molecule has 0 saturated carbocycles. The lowest BCUT2D eigenvalue weighted by molar-refractivity contribution is -0.109. The van der Waals surface area contributed by atoms with Crippen molar-refractivity contribution in [2.24, 2.45) is 0 Å². The number of rotatable bonds is 22. The second-order valence-corrected chi connectivity index (χ2v) is 7.91. The molecule has 0 heterocycles. The highest BCUT2D eigenvalue weighted by molar-refractivity contribution is 5.45. The van der Waals surface area contributed by atoms with Crippen molar-refractivity contribution in [1.82, 2.24) is 10.6 Å². The van der Waals surface area contributed by atoms with Crippen LogP contribution in [0.25, 0.3) is 0 Å². The van der Waals surface area contributed by atoms with Crippen molar-refractivity contribution in [2.75, 3.05) is 26.7 Å². The molecule has 0 saturated heterocycles. The van der Waals surface area contributed by atoms with Crippen molar-refractivity contribution in [3.63, 3.8) is 0 Å². The van der Waals surface area contributed by atoms with Crippen LogP contribution in [-0.2, 0) is 4.79 Å². The van der Waals surface area contributed by atoms with E-state index in [0.29, 0.717) is 6.61 Å². The first-order chi connectivity index (χ1) is 13.8. The van der Waals surface area contributed by atoms with Crippen molar-refractivity contribution in [2.45, 2.75) is 122 Å². The van der Waals surface area contributed by atoms with Gasteiger partial charge in [-0.3, -0.25) is 4.79 Å². The van der Waals surface area contributed by atoms with Gasteiger partial charge in [-0.1, -0.05) is 103 Å². The number of carbonyl (C=O) groups is 1. The van der Waals surface area contributed by atoms with Crippen molar-refractivity contribution < 1.29 is 9.90 Å². The van der Waals surface area contributed by atoms with Gasteiger partial charge in [-0.2, -0.15) is 0 Å². The van der Waals surface area contributed by atoms with Crippen LogP contribution < -0.4 is 10.6 Å². The number of hydrogen-bond donors (Lipinski definition) is 3. The first kappa shape index (κ1) is 29.6. The highest BCUT2D eigenvalue weighted by atomic mass is 16.2. The second kappa shape index (κ2) is 31.1. The summed E-state index contributed by atoms with van der Waals surface area (Å²) in [5.74, 6) is 0. The number of amides is 1. The van der Waals surface area contributed by atoms with Gasteiger partial charge in [-0.15, -0.1) is 0 Å². The standard InChI is InChI=1S/C13H29NO.C11H23NO/c1-14-12-10-8-6-4-2-3-5-7-9-11-13-15;1-2-3-4-5-6-7-8-9-10-12-11-13/h14-15H,2-13H2,1H3;11H,2-10H2,1H3,(H,12,13). The summed E-state index contributed by atoms with van der Waals surface area (Å²) in [5, 5.41) is 14.5. The first-order valence-electron chi connectivity index (χ1n) is 12.3. The molecule has 1 amide bonds. The van der Waals surface area contributed by atoms with Crippen LogP contribution in [0.2, 0.25) is 0 Å². The zero-order valence-corrected chi connectivity index (χ0v) is 19.3. The average molecular weight is 401 g/mol. The Morgan fingerprint density at radius 3 is 1.39 bits per heavy atom. The molecule has 0 radical (unpaired) electrons. The van der Waals surface area contributed by atoms with E-state index in [0.717, 1.165) is 25.8 Å². The van der Waals surface area contributed by atoms with E-state index in [1.165, 1.54) is 109 Å². The number of nitrogens with one attached hydrogen (secondary N) is 2. The molecule has 0 aromatic carbocycles. The van der Waals surface area contributed by atoms with Crippen LogP contribution >= 0.6 is 0 Å². The topological polar surface area (TPSA) is 61.4 Å². The minimum Gasteiger partial charge on any atom is -0.396 e. The van der Waals surface area contributed by atoms with Gasteiger partial charge < -0.3 is 15.7 Å². The maximum Gasteiger partial charge on any atom is 0.207 e. The quantitative estimate of drug-likeness (QED) is 0.155. The normalized spacial score (nSPS) is 10.4. The van der Waals surface area contributed by atoms with Gasteiger partial charge in [0, 0.05) is 13.2 Å². The third-order valence-corrected chi connectivity index (χ3v) is 5.09. The maximum absolute atomic E-state index is 9.90. The Morgan fingerprint density at radius 1 is 0.607 bits per heavy atom. The predicted molar refractivity (Wildman–Crippen MR) is 124 cm³/mol. The molecule has 0 atom stereocenters. The van der Waals surface area contributed by atoms with E-state index in [9.17, 15) is 4.79 Å². The molecule has 28 heavy (non-hydrogen) atoms. The van der Waals surface area contributed by atoms with Gasteiger partial charge in [0.25, 0.3) is 0 Å². The van der Waals surface area contributed by atoms with Gasteiger partial charge in [0.2, 0.25) is 6.41 Å². The zero-order valence-electron chi connectivity index (χ0n) is 19.3. The van der Waals surface area contributed by atoms with Gasteiger partial charge in [0.05, 0.1) is 0 Å². The first-order valence-corrected chi connectivity index (χ1v) is 12.3. The van der Waals surface area contributed by atoms with Crippen molar-refractivity contribution in [1.29, 1.82) is 0 Å². The molecule has 0 spiro atoms.